The standard InChI is InChI=1S/C45H51N7O4S.C38H38N6O3S/c1-28-35(25-47-52(28)27-45-22-29-19-30(23-45)21-31(20-29)24-45)33-14-15-39(49-41(33)43(55)46-17-7-3-4-13-40(53)56-2)51-18-16-32-9-8-10-34(36(32)26-51)42(54)50-44-48-37-11-5-6-12-38(37)57-44;1-22-29(19-39-44(22)21-38-16-23-13-24(17-38)15-25(14-23)18-38)27-9-10-33(41-34(27)36(46)47)43-12-11-26-5-4-6-28(30(26)20-43)35(45)42-37-40-31-7-2-3-8-32(31)48-37/h5-6,8-12,14-15,25,29-31H,3-4,7,13,16-24,26-27H2,1-2H3,(H,46,55)(H,48,50,54);2-10,19,23-25H,11-18,20-21H2,1H3,(H,46,47)(H,40,42,45). The van der Waals surface area contributed by atoms with Crippen molar-refractivity contribution in [3.63, 3.8) is 0 Å². The van der Waals surface area contributed by atoms with Crippen LogP contribution in [0.5, 0.6) is 0 Å². The lowest BCUT2D eigenvalue weighted by molar-refractivity contribution is -0.140. The van der Waals surface area contributed by atoms with Gasteiger partial charge in [0.15, 0.2) is 16.0 Å². The molecular weight excluding hydrogens is 1360 g/mol. The summed E-state index contributed by atoms with van der Waals surface area (Å²) in [4.78, 5) is 88.8. The second kappa shape index (κ2) is 28.3. The zero-order chi connectivity index (χ0) is 71.7. The highest BCUT2D eigenvalue weighted by atomic mass is 32.1. The fourth-order valence-electron chi connectivity index (χ4n) is 20.5. The first-order valence-corrected chi connectivity index (χ1v) is 39.4. The maximum atomic E-state index is 14.1. The summed E-state index contributed by atoms with van der Waals surface area (Å²) in [5, 5.41) is 30.4. The number of aromatic carboxylic acids is 1. The molecule has 8 heterocycles. The molecule has 0 saturated heterocycles. The highest BCUT2D eigenvalue weighted by molar-refractivity contribution is 7.22. The zero-order valence-electron chi connectivity index (χ0n) is 59.9. The van der Waals surface area contributed by atoms with Crippen LogP contribution in [0.25, 0.3) is 42.7 Å². The number of carbonyl (C=O) groups excluding carboxylic acids is 4. The van der Waals surface area contributed by atoms with Gasteiger partial charge in [0.1, 0.15) is 17.3 Å². The molecule has 0 unspecified atom stereocenters. The van der Waals surface area contributed by atoms with Gasteiger partial charge < -0.3 is 25.0 Å². The van der Waals surface area contributed by atoms with E-state index >= 15 is 0 Å². The molecule has 540 valence electrons. The molecule has 8 fully saturated rings. The number of esters is 1. The lowest BCUT2D eigenvalue weighted by atomic mass is 9.49. The third kappa shape index (κ3) is 13.8. The quantitative estimate of drug-likeness (QED) is 0.0409. The number of para-hydroxylation sites is 2. The van der Waals surface area contributed by atoms with Gasteiger partial charge >= 0.3 is 11.9 Å². The van der Waals surface area contributed by atoms with Crippen molar-refractivity contribution in [2.45, 2.75) is 156 Å². The van der Waals surface area contributed by atoms with E-state index in [1.807, 2.05) is 109 Å². The van der Waals surface area contributed by atoms with Crippen LogP contribution in [0, 0.1) is 60.2 Å². The molecule has 3 amide bonds. The number of carboxylic acid groups (broad SMARTS) is 1. The lowest BCUT2D eigenvalue weighted by Crippen LogP contribution is -2.48. The molecule has 4 aromatic carbocycles. The summed E-state index contributed by atoms with van der Waals surface area (Å²) in [6.45, 7) is 8.81. The SMILES string of the molecule is COC(=O)CCCCCNC(=O)c1nc(N2CCc3cccc(C(=O)Nc4nc5ccccc5s4)c3C2)ccc1-c1cnn(CC23CC4CC(CC(C4)C2)C3)c1C.Cc1c(-c2ccc(N3CCc4cccc(C(=O)Nc5nc6ccccc6s5)c4C3)nc2C(=O)O)cnn1CC12CC3CC(CC(C3)C1)C2. The van der Waals surface area contributed by atoms with Crippen LogP contribution in [0.4, 0.5) is 21.9 Å². The van der Waals surface area contributed by atoms with Gasteiger partial charge in [0.25, 0.3) is 17.7 Å². The Morgan fingerprint density at radius 3 is 1.41 bits per heavy atom. The monoisotopic (exact) mass is 1440 g/mol. The highest BCUT2D eigenvalue weighted by Gasteiger charge is 2.53. The second-order valence-electron chi connectivity index (χ2n) is 31.6. The average molecular weight is 1440 g/mol. The van der Waals surface area contributed by atoms with E-state index in [0.717, 1.165) is 145 Å². The number of methoxy groups -OCH3 is 1. The van der Waals surface area contributed by atoms with Crippen molar-refractivity contribution < 1.29 is 33.8 Å². The Bertz CT molecular complexity index is 4910. The highest BCUT2D eigenvalue weighted by Crippen LogP contribution is 2.62. The molecule has 4 N–H and O–H groups in total. The van der Waals surface area contributed by atoms with E-state index in [-0.39, 0.29) is 29.4 Å². The molecule has 8 saturated carbocycles. The van der Waals surface area contributed by atoms with Gasteiger partial charge in [0, 0.05) is 97.0 Å². The van der Waals surface area contributed by atoms with E-state index in [0.29, 0.717) is 101 Å². The molecule has 20 rings (SSSR count). The average Bonchev–Trinajstić information content (AvgIpc) is 1.45. The van der Waals surface area contributed by atoms with Crippen LogP contribution in [0.15, 0.2) is 122 Å². The number of fused-ring (bicyclic) bond motifs is 4. The van der Waals surface area contributed by atoms with E-state index in [9.17, 15) is 29.1 Å². The van der Waals surface area contributed by atoms with Crippen molar-refractivity contribution in [2.75, 3.05) is 47.2 Å². The molecule has 2 aliphatic heterocycles. The zero-order valence-corrected chi connectivity index (χ0v) is 61.5. The van der Waals surface area contributed by atoms with Crippen LogP contribution >= 0.6 is 22.7 Å². The lowest BCUT2D eigenvalue weighted by Gasteiger charge is -2.56. The molecule has 6 aromatic heterocycles. The number of carbonyl (C=O) groups is 5. The predicted molar refractivity (Wildman–Crippen MR) is 409 cm³/mol. The number of carboxylic acids is 1. The smallest absolute Gasteiger partial charge is 0.355 e. The maximum Gasteiger partial charge on any atom is 0.355 e. The van der Waals surface area contributed by atoms with Crippen molar-refractivity contribution in [1.82, 2.24) is 44.8 Å². The van der Waals surface area contributed by atoms with Crippen molar-refractivity contribution >= 4 is 94.7 Å². The molecule has 105 heavy (non-hydrogen) atoms. The van der Waals surface area contributed by atoms with Gasteiger partial charge in [-0.05, 0) is 246 Å². The van der Waals surface area contributed by atoms with Crippen LogP contribution < -0.4 is 25.8 Å². The number of rotatable bonds is 20. The first-order valence-electron chi connectivity index (χ1n) is 37.8. The summed E-state index contributed by atoms with van der Waals surface area (Å²) in [5.41, 5.74) is 13.3. The molecule has 0 spiro atoms. The Labute approximate surface area is 618 Å². The Hall–Kier alpha value is -9.67. The molecule has 22 heteroatoms. The molecule has 10 aromatic rings. The second-order valence-corrected chi connectivity index (χ2v) is 33.7. The van der Waals surface area contributed by atoms with Crippen LogP contribution in [0.1, 0.15) is 178 Å². The first-order chi connectivity index (χ1) is 51.0. The van der Waals surface area contributed by atoms with Gasteiger partial charge in [0.2, 0.25) is 0 Å². The van der Waals surface area contributed by atoms with Crippen molar-refractivity contribution in [1.29, 1.82) is 0 Å². The normalized spacial score (nSPS) is 23.0. The van der Waals surface area contributed by atoms with Gasteiger partial charge in [-0.3, -0.25) is 39.2 Å². The van der Waals surface area contributed by atoms with Crippen LogP contribution in [0.3, 0.4) is 0 Å². The van der Waals surface area contributed by atoms with E-state index in [1.54, 1.807) is 0 Å². The Kier molecular flexibility index (Phi) is 18.5. The maximum absolute atomic E-state index is 14.1. The number of amides is 3. The number of nitrogens with zero attached hydrogens (tertiary/aromatic N) is 10. The van der Waals surface area contributed by atoms with Crippen molar-refractivity contribution in [2.24, 2.45) is 46.3 Å². The number of benzene rings is 4. The molecule has 8 bridgehead atoms. The number of hydrogen-bond acceptors (Lipinski definition) is 16. The number of pyridine rings is 2. The number of aromatic nitrogens is 8. The molecular formula is C83H89N13O7S2. The number of anilines is 4. The Balaban J connectivity index is 0.000000157. The number of hydrogen-bond donors (Lipinski definition) is 4. The number of ether oxygens (including phenoxy) is 1. The Morgan fingerprint density at radius 1 is 0.514 bits per heavy atom. The molecule has 20 nitrogen and oxygen atoms in total. The van der Waals surface area contributed by atoms with E-state index in [4.69, 9.17) is 24.9 Å². The van der Waals surface area contributed by atoms with Gasteiger partial charge in [0.05, 0.1) is 39.9 Å². The fourth-order valence-corrected chi connectivity index (χ4v) is 22.2. The van der Waals surface area contributed by atoms with Crippen LogP contribution in [0.2, 0.25) is 0 Å². The third-order valence-corrected chi connectivity index (χ3v) is 26.5. The summed E-state index contributed by atoms with van der Waals surface area (Å²) < 4.78 is 11.1. The molecule has 8 aliphatic carbocycles. The third-order valence-electron chi connectivity index (χ3n) is 24.5. The van der Waals surface area contributed by atoms with E-state index in [1.165, 1.54) is 107 Å². The molecule has 0 radical (unpaired) electrons. The van der Waals surface area contributed by atoms with Crippen LogP contribution in [-0.4, -0.2) is 101 Å². The molecule has 0 atom stereocenters. The van der Waals surface area contributed by atoms with Gasteiger partial charge in [-0.25, -0.2) is 24.7 Å². The minimum absolute atomic E-state index is 0.0256. The topological polar surface area (TPSA) is 245 Å². The summed E-state index contributed by atoms with van der Waals surface area (Å²) in [6.07, 6.45) is 24.1. The van der Waals surface area contributed by atoms with Crippen LogP contribution in [-0.2, 0) is 48.6 Å². The first kappa shape index (κ1) is 68.4. The number of nitrogens with one attached hydrogen (secondary N) is 3. The van der Waals surface area contributed by atoms with Crippen molar-refractivity contribution in [3.8, 4) is 22.3 Å². The van der Waals surface area contributed by atoms with E-state index in [2.05, 4.69) is 71.1 Å². The summed E-state index contributed by atoms with van der Waals surface area (Å²) >= 11 is 2.91. The Morgan fingerprint density at radius 2 is 0.962 bits per heavy atom. The molecule has 10 aliphatic rings. The summed E-state index contributed by atoms with van der Waals surface area (Å²) in [6, 6.07) is 35.2. The predicted octanol–water partition coefficient (Wildman–Crippen LogP) is 16.0. The van der Waals surface area contributed by atoms with Gasteiger partial charge in [-0.1, -0.05) is 77.6 Å². The summed E-state index contributed by atoms with van der Waals surface area (Å²) in [7, 11) is 1.40. The largest absolute Gasteiger partial charge is 0.476 e. The fraction of sp³-hybridized carbons (Fsp3) is 0.434. The van der Waals surface area contributed by atoms with Gasteiger partial charge in [-0.15, -0.1) is 0 Å². The minimum atomic E-state index is -1.06. The minimum Gasteiger partial charge on any atom is -0.476 e. The summed E-state index contributed by atoms with van der Waals surface area (Å²) in [5.74, 6) is 4.56. The number of unbranched alkanes of at least 4 members (excludes halogenated alkanes) is 2. The van der Waals surface area contributed by atoms with E-state index < -0.39 is 5.97 Å². The van der Waals surface area contributed by atoms with Gasteiger partial charge in [-0.2, -0.15) is 10.2 Å². The van der Waals surface area contributed by atoms with Crippen molar-refractivity contribution in [3.05, 3.63) is 178 Å². The number of thiazole rings is 2.